The Balaban J connectivity index is 1.46. The van der Waals surface area contributed by atoms with Gasteiger partial charge in [-0.25, -0.2) is 9.37 Å². The van der Waals surface area contributed by atoms with Crippen molar-refractivity contribution in [2.24, 2.45) is 0 Å². The van der Waals surface area contributed by atoms with Crippen molar-refractivity contribution in [2.75, 3.05) is 0 Å². The third-order valence-electron chi connectivity index (χ3n) is 3.69. The molecule has 132 valence electrons. The molecule has 0 aliphatic heterocycles. The standard InChI is InChI=1S/C20H16FNO4/c21-16-8-6-14(7-9-16)17(23)10-11-20(24)25-13-19-22-12-18(26-19)15-4-2-1-3-5-15/h1-9,12H,10-11,13H2. The average molecular weight is 353 g/mol. The third kappa shape index (κ3) is 4.63. The van der Waals surface area contributed by atoms with Gasteiger partial charge >= 0.3 is 5.97 Å². The summed E-state index contributed by atoms with van der Waals surface area (Å²) in [6, 6.07) is 14.6. The van der Waals surface area contributed by atoms with Gasteiger partial charge in [0.15, 0.2) is 18.2 Å². The van der Waals surface area contributed by atoms with E-state index in [-0.39, 0.29) is 31.1 Å². The minimum absolute atomic E-state index is 0.00862. The Morgan fingerprint density at radius 2 is 1.73 bits per heavy atom. The Bertz CT molecular complexity index is 888. The third-order valence-corrected chi connectivity index (χ3v) is 3.69. The quantitative estimate of drug-likeness (QED) is 0.471. The average Bonchev–Trinajstić information content (AvgIpc) is 3.15. The number of benzene rings is 2. The Kier molecular flexibility index (Phi) is 5.53. The number of carbonyl (C=O) groups excluding carboxylic acids is 2. The highest BCUT2D eigenvalue weighted by atomic mass is 19.1. The topological polar surface area (TPSA) is 69.4 Å². The Morgan fingerprint density at radius 3 is 2.46 bits per heavy atom. The van der Waals surface area contributed by atoms with Crippen LogP contribution in [0.1, 0.15) is 29.1 Å². The van der Waals surface area contributed by atoms with Crippen molar-refractivity contribution in [3.8, 4) is 11.3 Å². The number of rotatable bonds is 7. The van der Waals surface area contributed by atoms with Gasteiger partial charge in [0.25, 0.3) is 0 Å². The fraction of sp³-hybridized carbons (Fsp3) is 0.150. The molecule has 0 N–H and O–H groups in total. The normalized spacial score (nSPS) is 10.5. The highest BCUT2D eigenvalue weighted by Gasteiger charge is 2.12. The lowest BCUT2D eigenvalue weighted by atomic mass is 10.1. The maximum Gasteiger partial charge on any atom is 0.306 e. The number of nitrogens with zero attached hydrogens (tertiary/aromatic N) is 1. The largest absolute Gasteiger partial charge is 0.456 e. The van der Waals surface area contributed by atoms with E-state index in [1.54, 1.807) is 6.20 Å². The van der Waals surface area contributed by atoms with Gasteiger partial charge in [0, 0.05) is 17.5 Å². The van der Waals surface area contributed by atoms with E-state index < -0.39 is 11.8 Å². The molecule has 1 aromatic heterocycles. The summed E-state index contributed by atoms with van der Waals surface area (Å²) < 4.78 is 23.4. The van der Waals surface area contributed by atoms with Crippen LogP contribution in [0.3, 0.4) is 0 Å². The molecule has 26 heavy (non-hydrogen) atoms. The van der Waals surface area contributed by atoms with Crippen molar-refractivity contribution in [2.45, 2.75) is 19.4 Å². The second-order valence-corrected chi connectivity index (χ2v) is 5.58. The minimum atomic E-state index is -0.528. The molecule has 0 bridgehead atoms. The van der Waals surface area contributed by atoms with E-state index in [0.717, 1.165) is 5.56 Å². The molecule has 6 heteroatoms. The molecule has 0 saturated heterocycles. The second kappa shape index (κ2) is 8.20. The fourth-order valence-corrected chi connectivity index (χ4v) is 2.32. The summed E-state index contributed by atoms with van der Waals surface area (Å²) in [5, 5.41) is 0. The van der Waals surface area contributed by atoms with Crippen LogP contribution in [0.2, 0.25) is 0 Å². The Hall–Kier alpha value is -3.28. The van der Waals surface area contributed by atoms with Crippen LogP contribution in [0, 0.1) is 5.82 Å². The van der Waals surface area contributed by atoms with Crippen LogP contribution in [0.5, 0.6) is 0 Å². The molecular weight excluding hydrogens is 337 g/mol. The molecule has 0 saturated carbocycles. The predicted molar refractivity (Wildman–Crippen MR) is 91.7 cm³/mol. The summed E-state index contributed by atoms with van der Waals surface area (Å²) in [5.41, 5.74) is 1.24. The van der Waals surface area contributed by atoms with E-state index in [9.17, 15) is 14.0 Å². The lowest BCUT2D eigenvalue weighted by Crippen LogP contribution is -2.08. The van der Waals surface area contributed by atoms with Gasteiger partial charge in [-0.1, -0.05) is 30.3 Å². The van der Waals surface area contributed by atoms with E-state index in [4.69, 9.17) is 9.15 Å². The van der Waals surface area contributed by atoms with Crippen molar-refractivity contribution in [1.29, 1.82) is 0 Å². The van der Waals surface area contributed by atoms with Crippen LogP contribution in [0.15, 0.2) is 65.2 Å². The number of aromatic nitrogens is 1. The Morgan fingerprint density at radius 1 is 1.00 bits per heavy atom. The van der Waals surface area contributed by atoms with Crippen LogP contribution < -0.4 is 0 Å². The molecular formula is C20H16FNO4. The molecule has 3 aromatic rings. The van der Waals surface area contributed by atoms with Gasteiger partial charge in [-0.05, 0) is 24.3 Å². The van der Waals surface area contributed by atoms with Crippen molar-refractivity contribution in [3.63, 3.8) is 0 Å². The smallest absolute Gasteiger partial charge is 0.306 e. The molecule has 0 unspecified atom stereocenters. The van der Waals surface area contributed by atoms with Gasteiger partial charge in [-0.3, -0.25) is 9.59 Å². The summed E-state index contributed by atoms with van der Waals surface area (Å²) >= 11 is 0. The van der Waals surface area contributed by atoms with E-state index in [1.807, 2.05) is 30.3 Å². The van der Waals surface area contributed by atoms with Crippen molar-refractivity contribution >= 4 is 11.8 Å². The monoisotopic (exact) mass is 353 g/mol. The number of halogens is 1. The molecule has 2 aromatic carbocycles. The first-order valence-corrected chi connectivity index (χ1v) is 8.06. The molecule has 0 radical (unpaired) electrons. The lowest BCUT2D eigenvalue weighted by Gasteiger charge is -2.03. The first-order valence-electron chi connectivity index (χ1n) is 8.06. The highest BCUT2D eigenvalue weighted by molar-refractivity contribution is 5.97. The number of Topliss-reactive ketones (excluding diaryl/α,β-unsaturated/α-hetero) is 1. The van der Waals surface area contributed by atoms with Gasteiger partial charge in [0.1, 0.15) is 5.82 Å². The molecule has 0 aliphatic carbocycles. The van der Waals surface area contributed by atoms with Crippen molar-refractivity contribution < 1.29 is 23.1 Å². The first kappa shape index (κ1) is 17.5. The number of carbonyl (C=O) groups is 2. The predicted octanol–water partition coefficient (Wildman–Crippen LogP) is 4.19. The Labute approximate surface area is 149 Å². The first-order chi connectivity index (χ1) is 12.6. The highest BCUT2D eigenvalue weighted by Crippen LogP contribution is 2.20. The lowest BCUT2D eigenvalue weighted by molar-refractivity contribution is -0.145. The van der Waals surface area contributed by atoms with Crippen LogP contribution in [0.4, 0.5) is 4.39 Å². The SMILES string of the molecule is O=C(CCC(=O)c1ccc(F)cc1)OCc1ncc(-c2ccccc2)o1. The second-order valence-electron chi connectivity index (χ2n) is 5.58. The van der Waals surface area contributed by atoms with Crippen LogP contribution >= 0.6 is 0 Å². The van der Waals surface area contributed by atoms with Gasteiger partial charge < -0.3 is 9.15 Å². The fourth-order valence-electron chi connectivity index (χ4n) is 2.32. The summed E-state index contributed by atoms with van der Waals surface area (Å²) in [5.74, 6) is -0.323. The van der Waals surface area contributed by atoms with Crippen molar-refractivity contribution in [1.82, 2.24) is 4.98 Å². The van der Waals surface area contributed by atoms with Gasteiger partial charge in [0.05, 0.1) is 12.6 Å². The van der Waals surface area contributed by atoms with Gasteiger partial charge in [-0.2, -0.15) is 0 Å². The summed E-state index contributed by atoms with van der Waals surface area (Å²) in [7, 11) is 0. The van der Waals surface area contributed by atoms with E-state index >= 15 is 0 Å². The maximum absolute atomic E-state index is 12.8. The minimum Gasteiger partial charge on any atom is -0.456 e. The number of hydrogen-bond donors (Lipinski definition) is 0. The number of hydrogen-bond acceptors (Lipinski definition) is 5. The molecule has 0 aliphatic rings. The zero-order valence-corrected chi connectivity index (χ0v) is 13.9. The van der Waals surface area contributed by atoms with E-state index in [0.29, 0.717) is 11.3 Å². The molecule has 5 nitrogen and oxygen atoms in total. The molecule has 0 atom stereocenters. The molecule has 0 fully saturated rings. The van der Waals surface area contributed by atoms with Gasteiger partial charge in [-0.15, -0.1) is 0 Å². The number of esters is 1. The van der Waals surface area contributed by atoms with Crippen LogP contribution in [-0.4, -0.2) is 16.7 Å². The molecule has 0 spiro atoms. The molecule has 0 amide bonds. The van der Waals surface area contributed by atoms with Crippen molar-refractivity contribution in [3.05, 3.63) is 78.1 Å². The number of oxazole rings is 1. The summed E-state index contributed by atoms with van der Waals surface area (Å²) in [6.07, 6.45) is 1.49. The zero-order chi connectivity index (χ0) is 18.4. The molecule has 3 rings (SSSR count). The van der Waals surface area contributed by atoms with E-state index in [1.165, 1.54) is 24.3 Å². The zero-order valence-electron chi connectivity index (χ0n) is 13.9. The number of ketones is 1. The maximum atomic E-state index is 12.8. The summed E-state index contributed by atoms with van der Waals surface area (Å²) in [4.78, 5) is 27.8. The number of ether oxygens (including phenoxy) is 1. The van der Waals surface area contributed by atoms with Gasteiger partial charge in [0.2, 0.25) is 5.89 Å². The summed E-state index contributed by atoms with van der Waals surface area (Å²) in [6.45, 7) is -0.101. The van der Waals surface area contributed by atoms with Crippen LogP contribution in [-0.2, 0) is 16.1 Å². The van der Waals surface area contributed by atoms with E-state index in [2.05, 4.69) is 4.98 Å². The van der Waals surface area contributed by atoms with Crippen LogP contribution in [0.25, 0.3) is 11.3 Å². The molecule has 1 heterocycles.